The number of hydrogen-bond acceptors (Lipinski definition) is 15. The Morgan fingerprint density at radius 3 is 2.32 bits per heavy atom. The molecule has 1 saturated heterocycles. The van der Waals surface area contributed by atoms with Crippen molar-refractivity contribution in [1.82, 2.24) is 10.2 Å². The minimum absolute atomic E-state index is 0.0340. The number of esters is 2. The van der Waals surface area contributed by atoms with Crippen molar-refractivity contribution in [2.24, 2.45) is 0 Å². The number of methoxy groups -OCH3 is 2. The van der Waals surface area contributed by atoms with Crippen LogP contribution in [0.4, 0.5) is 5.69 Å². The zero-order valence-corrected chi connectivity index (χ0v) is 28.8. The molecule has 1 aliphatic rings. The minimum Gasteiger partial charge on any atom is -0.467 e. The van der Waals surface area contributed by atoms with Crippen molar-refractivity contribution in [3.05, 3.63) is 63.7 Å². The number of nitro benzene ring substituents is 1. The molecule has 2 aromatic rings. The zero-order chi connectivity index (χ0) is 36.9. The monoisotopic (exact) mass is 707 g/mol. The maximum atomic E-state index is 13.0. The van der Waals surface area contributed by atoms with Crippen LogP contribution in [0.25, 0.3) is 0 Å². The first-order valence-electron chi connectivity index (χ1n) is 15.6. The predicted molar refractivity (Wildman–Crippen MR) is 176 cm³/mol. The van der Waals surface area contributed by atoms with Gasteiger partial charge < -0.3 is 48.1 Å². The quantitative estimate of drug-likeness (QED) is 0.0732. The molecule has 1 heterocycles. The van der Waals surface area contributed by atoms with Gasteiger partial charge in [-0.3, -0.25) is 24.5 Å². The fraction of sp³-hybridized carbons (Fsp3) is 0.515. The SMILES string of the molecule is COCc1ccc(OC2CC(OC(C)=O)CC(C(=O)OC)O2)c(C(=O)NCCOCCOCCN(C)C)c1.O=COc1ccc([N+](=O)[O-])cc1. The Morgan fingerprint density at radius 2 is 1.72 bits per heavy atom. The molecule has 0 saturated carbocycles. The molecule has 0 aliphatic carbocycles. The average Bonchev–Trinajstić information content (AvgIpc) is 3.08. The Bertz CT molecular complexity index is 1370. The van der Waals surface area contributed by atoms with Crippen molar-refractivity contribution >= 4 is 30.0 Å². The van der Waals surface area contributed by atoms with Crippen LogP contribution >= 0.6 is 0 Å². The van der Waals surface area contributed by atoms with E-state index < -0.39 is 35.4 Å². The van der Waals surface area contributed by atoms with Gasteiger partial charge in [0.25, 0.3) is 18.1 Å². The van der Waals surface area contributed by atoms with E-state index in [1.807, 2.05) is 19.0 Å². The van der Waals surface area contributed by atoms with Crippen LogP contribution in [0.3, 0.4) is 0 Å². The number of hydrogen-bond donors (Lipinski definition) is 1. The van der Waals surface area contributed by atoms with Crippen molar-refractivity contribution in [1.29, 1.82) is 0 Å². The van der Waals surface area contributed by atoms with E-state index >= 15 is 0 Å². The Hall–Kier alpha value is -4.68. The van der Waals surface area contributed by atoms with Gasteiger partial charge in [0.05, 0.1) is 50.6 Å². The fourth-order valence-electron chi connectivity index (χ4n) is 4.39. The first-order chi connectivity index (χ1) is 24.0. The Labute approximate surface area is 290 Å². The van der Waals surface area contributed by atoms with Crippen LogP contribution < -0.4 is 14.8 Å². The number of nitrogens with one attached hydrogen (secondary N) is 1. The number of amides is 1. The van der Waals surface area contributed by atoms with Gasteiger partial charge in [-0.2, -0.15) is 0 Å². The van der Waals surface area contributed by atoms with Crippen LogP contribution in [-0.4, -0.2) is 120 Å². The third kappa shape index (κ3) is 15.7. The predicted octanol–water partition coefficient (Wildman–Crippen LogP) is 2.28. The average molecular weight is 708 g/mol. The minimum atomic E-state index is -0.975. The van der Waals surface area contributed by atoms with Gasteiger partial charge in [-0.15, -0.1) is 0 Å². The molecule has 1 N–H and O–H groups in total. The van der Waals surface area contributed by atoms with Gasteiger partial charge in [0, 0.05) is 52.1 Å². The molecule has 1 amide bonds. The van der Waals surface area contributed by atoms with Crippen molar-refractivity contribution in [2.45, 2.75) is 44.9 Å². The summed E-state index contributed by atoms with van der Waals surface area (Å²) in [5.74, 6) is -0.927. The van der Waals surface area contributed by atoms with Gasteiger partial charge in [0.2, 0.25) is 6.29 Å². The number of rotatable bonds is 19. The highest BCUT2D eigenvalue weighted by Gasteiger charge is 2.37. The standard InChI is InChI=1S/C26H40N2O10.C7H5NO4/c1-18(29)36-20-15-23(26(31)33-5)38-24(16-20)37-22-7-6-19(17-32-4)14-21(22)25(30)27-8-10-34-12-13-35-11-9-28(2)3;9-5-12-7-3-1-6(2-4-7)8(10)11/h6-7,14,20,23-24H,8-13,15-17H2,1-5H3,(H,27,30);1-5H. The summed E-state index contributed by atoms with van der Waals surface area (Å²) < 4.78 is 42.5. The largest absolute Gasteiger partial charge is 0.467 e. The lowest BCUT2D eigenvalue weighted by molar-refractivity contribution is -0.384. The van der Waals surface area contributed by atoms with E-state index in [1.165, 1.54) is 38.3 Å². The number of benzene rings is 2. The summed E-state index contributed by atoms with van der Waals surface area (Å²) in [5, 5.41) is 13.0. The van der Waals surface area contributed by atoms with Crippen LogP contribution in [0.2, 0.25) is 0 Å². The molecule has 3 unspecified atom stereocenters. The van der Waals surface area contributed by atoms with Crippen molar-refractivity contribution in [3.63, 3.8) is 0 Å². The summed E-state index contributed by atoms with van der Waals surface area (Å²) in [5.41, 5.74) is 0.999. The second kappa shape index (κ2) is 22.9. The molecular formula is C33H45N3O14. The number of ether oxygens (including phenoxy) is 8. The first kappa shape index (κ1) is 41.5. The Kier molecular flexibility index (Phi) is 19.0. The molecule has 2 aromatic carbocycles. The second-order valence-corrected chi connectivity index (χ2v) is 10.9. The third-order valence-electron chi connectivity index (χ3n) is 6.72. The van der Waals surface area contributed by atoms with E-state index in [4.69, 9.17) is 33.2 Å². The Balaban J connectivity index is 0.000000606. The normalized spacial score (nSPS) is 16.7. The highest BCUT2D eigenvalue weighted by Crippen LogP contribution is 2.29. The fourth-order valence-corrected chi connectivity index (χ4v) is 4.39. The summed E-state index contributed by atoms with van der Waals surface area (Å²) in [4.78, 5) is 58.2. The first-order valence-corrected chi connectivity index (χ1v) is 15.6. The number of likely N-dealkylation sites (N-methyl/N-ethyl adjacent to an activating group) is 1. The van der Waals surface area contributed by atoms with E-state index in [9.17, 15) is 29.3 Å². The number of carbonyl (C=O) groups excluding carboxylic acids is 4. The van der Waals surface area contributed by atoms with Crippen LogP contribution in [0, 0.1) is 10.1 Å². The number of carbonyl (C=O) groups is 4. The van der Waals surface area contributed by atoms with E-state index in [-0.39, 0.29) is 54.5 Å². The number of non-ortho nitro benzene ring substituents is 1. The van der Waals surface area contributed by atoms with Gasteiger partial charge in [-0.25, -0.2) is 4.79 Å². The molecule has 3 rings (SSSR count). The summed E-state index contributed by atoms with van der Waals surface area (Å²) >= 11 is 0. The highest BCUT2D eigenvalue weighted by atomic mass is 16.7. The molecule has 3 atom stereocenters. The van der Waals surface area contributed by atoms with E-state index in [1.54, 1.807) is 25.3 Å². The lowest BCUT2D eigenvalue weighted by Gasteiger charge is -2.33. The topological polar surface area (TPSA) is 201 Å². The molecule has 0 spiro atoms. The van der Waals surface area contributed by atoms with E-state index in [2.05, 4.69) is 10.1 Å². The molecule has 1 aliphatic heterocycles. The van der Waals surface area contributed by atoms with Crippen molar-refractivity contribution in [2.75, 3.05) is 67.8 Å². The second-order valence-electron chi connectivity index (χ2n) is 10.9. The number of nitro groups is 1. The summed E-state index contributed by atoms with van der Waals surface area (Å²) in [6.07, 6.45) is -2.21. The van der Waals surface area contributed by atoms with E-state index in [0.29, 0.717) is 33.0 Å². The molecule has 17 nitrogen and oxygen atoms in total. The molecular weight excluding hydrogens is 662 g/mol. The van der Waals surface area contributed by atoms with E-state index in [0.717, 1.165) is 12.1 Å². The zero-order valence-electron chi connectivity index (χ0n) is 28.8. The number of nitrogens with zero attached hydrogens (tertiary/aromatic N) is 2. The van der Waals surface area contributed by atoms with Crippen LogP contribution in [0.1, 0.15) is 35.7 Å². The molecule has 0 radical (unpaired) electrons. The lowest BCUT2D eigenvalue weighted by Crippen LogP contribution is -2.44. The van der Waals surface area contributed by atoms with Crippen molar-refractivity contribution in [3.8, 4) is 11.5 Å². The summed E-state index contributed by atoms with van der Waals surface area (Å²) in [7, 11) is 6.76. The van der Waals surface area contributed by atoms with Crippen LogP contribution in [0.15, 0.2) is 42.5 Å². The third-order valence-corrected chi connectivity index (χ3v) is 6.72. The van der Waals surface area contributed by atoms with Gasteiger partial charge in [-0.05, 0) is 43.9 Å². The summed E-state index contributed by atoms with van der Waals surface area (Å²) in [6, 6.07) is 10.3. The van der Waals surface area contributed by atoms with Crippen molar-refractivity contribution < 1.29 is 62.0 Å². The van der Waals surface area contributed by atoms with Crippen LogP contribution in [0.5, 0.6) is 11.5 Å². The molecule has 0 bridgehead atoms. The lowest BCUT2D eigenvalue weighted by atomic mass is 10.0. The van der Waals surface area contributed by atoms with Gasteiger partial charge in [-0.1, -0.05) is 6.07 Å². The molecule has 17 heteroatoms. The smallest absolute Gasteiger partial charge is 0.335 e. The van der Waals surface area contributed by atoms with Gasteiger partial charge in [0.1, 0.15) is 17.6 Å². The van der Waals surface area contributed by atoms with Gasteiger partial charge in [0.15, 0.2) is 6.10 Å². The summed E-state index contributed by atoms with van der Waals surface area (Å²) in [6.45, 7) is 4.81. The Morgan fingerprint density at radius 1 is 1.02 bits per heavy atom. The van der Waals surface area contributed by atoms with Crippen LogP contribution in [-0.2, 0) is 49.4 Å². The molecule has 276 valence electrons. The molecule has 50 heavy (non-hydrogen) atoms. The molecule has 0 aromatic heterocycles. The maximum Gasteiger partial charge on any atom is 0.335 e. The van der Waals surface area contributed by atoms with Gasteiger partial charge >= 0.3 is 11.9 Å². The highest BCUT2D eigenvalue weighted by molar-refractivity contribution is 5.97. The maximum absolute atomic E-state index is 13.0. The molecule has 1 fully saturated rings.